The zero-order valence-corrected chi connectivity index (χ0v) is 10.7. The van der Waals surface area contributed by atoms with E-state index < -0.39 is 0 Å². The molecule has 3 N–H and O–H groups in total. The lowest BCUT2D eigenvalue weighted by Crippen LogP contribution is -2.29. The van der Waals surface area contributed by atoms with Crippen molar-refractivity contribution in [1.29, 1.82) is 0 Å². The maximum atomic E-state index is 11.7. The van der Waals surface area contributed by atoms with Gasteiger partial charge in [-0.1, -0.05) is 0 Å². The number of aliphatic hydroxyl groups excluding tert-OH is 1. The Hall–Kier alpha value is -1.99. The number of pyridine rings is 1. The average molecular weight is 267 g/mol. The highest BCUT2D eigenvalue weighted by molar-refractivity contribution is 5.98. The summed E-state index contributed by atoms with van der Waals surface area (Å²) in [6.07, 6.45) is 1.39. The van der Waals surface area contributed by atoms with E-state index in [1.54, 1.807) is 0 Å². The van der Waals surface area contributed by atoms with Gasteiger partial charge in [0.15, 0.2) is 0 Å². The quantitative estimate of drug-likeness (QED) is 0.560. The maximum Gasteiger partial charge on any atom is 0.269 e. The number of rotatable bonds is 7. The van der Waals surface area contributed by atoms with Crippen molar-refractivity contribution in [2.24, 2.45) is 0 Å². The zero-order valence-electron chi connectivity index (χ0n) is 10.7. The molecule has 1 rings (SSSR count). The van der Waals surface area contributed by atoms with Crippen LogP contribution in [0.5, 0.6) is 0 Å². The summed E-state index contributed by atoms with van der Waals surface area (Å²) in [5, 5.41) is 13.7. The molecule has 19 heavy (non-hydrogen) atoms. The van der Waals surface area contributed by atoms with Crippen LogP contribution in [0.25, 0.3) is 0 Å². The van der Waals surface area contributed by atoms with E-state index in [1.807, 2.05) is 0 Å². The average Bonchev–Trinajstić information content (AvgIpc) is 2.45. The van der Waals surface area contributed by atoms with Crippen molar-refractivity contribution >= 4 is 11.8 Å². The summed E-state index contributed by atoms with van der Waals surface area (Å²) in [5.41, 5.74) is 0.480. The lowest BCUT2D eigenvalue weighted by Gasteiger charge is -2.06. The van der Waals surface area contributed by atoms with Crippen LogP contribution in [0.4, 0.5) is 0 Å². The molecule has 1 aromatic heterocycles. The van der Waals surface area contributed by atoms with Crippen LogP contribution in [0.3, 0.4) is 0 Å². The largest absolute Gasteiger partial charge is 0.395 e. The monoisotopic (exact) mass is 267 g/mol. The van der Waals surface area contributed by atoms with E-state index in [-0.39, 0.29) is 30.7 Å². The molecule has 1 aromatic rings. The van der Waals surface area contributed by atoms with Crippen molar-refractivity contribution < 1.29 is 19.4 Å². The minimum Gasteiger partial charge on any atom is -0.395 e. The van der Waals surface area contributed by atoms with Gasteiger partial charge in [-0.05, 0) is 12.1 Å². The first-order valence-corrected chi connectivity index (χ1v) is 5.81. The van der Waals surface area contributed by atoms with Crippen LogP contribution < -0.4 is 10.6 Å². The second kappa shape index (κ2) is 8.17. The minimum atomic E-state index is -0.367. The molecule has 0 saturated heterocycles. The second-order valence-corrected chi connectivity index (χ2v) is 3.66. The van der Waals surface area contributed by atoms with Crippen molar-refractivity contribution in [2.75, 3.05) is 33.4 Å². The van der Waals surface area contributed by atoms with Gasteiger partial charge >= 0.3 is 0 Å². The number of amides is 2. The minimum absolute atomic E-state index is 0.138. The lowest BCUT2D eigenvalue weighted by atomic mass is 10.2. The molecule has 104 valence electrons. The Morgan fingerprint density at radius 1 is 1.32 bits per heavy atom. The van der Waals surface area contributed by atoms with E-state index in [4.69, 9.17) is 9.84 Å². The van der Waals surface area contributed by atoms with Crippen LogP contribution in [0.1, 0.15) is 20.8 Å². The van der Waals surface area contributed by atoms with E-state index in [2.05, 4.69) is 15.6 Å². The lowest BCUT2D eigenvalue weighted by molar-refractivity contribution is 0.0932. The first-order chi connectivity index (χ1) is 9.19. The SMILES string of the molecule is COCCNC(=O)c1cc(C(=O)NCCO)ccn1. The second-order valence-electron chi connectivity index (χ2n) is 3.66. The van der Waals surface area contributed by atoms with Gasteiger partial charge in [0, 0.05) is 32.0 Å². The topological polar surface area (TPSA) is 101 Å². The fraction of sp³-hybridized carbons (Fsp3) is 0.417. The molecule has 2 amide bonds. The third kappa shape index (κ3) is 5.02. The number of ether oxygens (including phenoxy) is 1. The van der Waals surface area contributed by atoms with Gasteiger partial charge in [0.25, 0.3) is 11.8 Å². The molecular weight excluding hydrogens is 250 g/mol. The Morgan fingerprint density at radius 2 is 2.05 bits per heavy atom. The van der Waals surface area contributed by atoms with Crippen LogP contribution in [-0.4, -0.2) is 55.3 Å². The summed E-state index contributed by atoms with van der Waals surface area (Å²) in [7, 11) is 1.54. The van der Waals surface area contributed by atoms with E-state index in [0.717, 1.165) is 0 Å². The van der Waals surface area contributed by atoms with Crippen LogP contribution in [0.15, 0.2) is 18.3 Å². The van der Waals surface area contributed by atoms with Gasteiger partial charge in [-0.15, -0.1) is 0 Å². The molecule has 0 aliphatic heterocycles. The first kappa shape index (κ1) is 15.1. The van der Waals surface area contributed by atoms with Crippen molar-refractivity contribution in [3.63, 3.8) is 0 Å². The van der Waals surface area contributed by atoms with Crippen LogP contribution in [0.2, 0.25) is 0 Å². The summed E-state index contributed by atoms with van der Waals surface area (Å²) in [4.78, 5) is 27.2. The molecule has 0 aromatic carbocycles. The Balaban J connectivity index is 2.65. The Kier molecular flexibility index (Phi) is 6.48. The molecule has 0 saturated carbocycles. The summed E-state index contributed by atoms with van der Waals surface area (Å²) < 4.78 is 4.81. The predicted molar refractivity (Wildman–Crippen MR) is 67.9 cm³/mol. The number of hydrogen-bond acceptors (Lipinski definition) is 5. The summed E-state index contributed by atoms with van der Waals surface area (Å²) in [6.45, 7) is 0.804. The molecule has 0 radical (unpaired) electrons. The number of aromatic nitrogens is 1. The molecule has 0 spiro atoms. The number of methoxy groups -OCH3 is 1. The summed E-state index contributed by atoms with van der Waals surface area (Å²) >= 11 is 0. The normalized spacial score (nSPS) is 10.0. The molecule has 7 heteroatoms. The fourth-order valence-electron chi connectivity index (χ4n) is 1.32. The molecule has 1 heterocycles. The number of nitrogens with zero attached hydrogens (tertiary/aromatic N) is 1. The van der Waals surface area contributed by atoms with Gasteiger partial charge in [-0.2, -0.15) is 0 Å². The van der Waals surface area contributed by atoms with Gasteiger partial charge in [-0.25, -0.2) is 0 Å². The van der Waals surface area contributed by atoms with Crippen LogP contribution in [0, 0.1) is 0 Å². The fourth-order valence-corrected chi connectivity index (χ4v) is 1.32. The van der Waals surface area contributed by atoms with Gasteiger partial charge in [0.2, 0.25) is 0 Å². The molecule has 0 aliphatic rings. The number of hydrogen-bond donors (Lipinski definition) is 3. The standard InChI is InChI=1S/C12H17N3O4/c1-19-7-5-15-12(18)10-8-9(2-3-13-10)11(17)14-4-6-16/h2-3,8,16H,4-7H2,1H3,(H,14,17)(H,15,18). The Morgan fingerprint density at radius 3 is 2.74 bits per heavy atom. The van der Waals surface area contributed by atoms with E-state index in [0.29, 0.717) is 18.7 Å². The van der Waals surface area contributed by atoms with E-state index in [9.17, 15) is 9.59 Å². The number of nitrogens with one attached hydrogen (secondary N) is 2. The summed E-state index contributed by atoms with van der Waals surface area (Å²) in [5.74, 6) is -0.726. The van der Waals surface area contributed by atoms with Gasteiger partial charge in [0.1, 0.15) is 5.69 Å². The van der Waals surface area contributed by atoms with Gasteiger partial charge in [-0.3, -0.25) is 14.6 Å². The smallest absolute Gasteiger partial charge is 0.269 e. The van der Waals surface area contributed by atoms with E-state index >= 15 is 0 Å². The third-order valence-electron chi connectivity index (χ3n) is 2.24. The first-order valence-electron chi connectivity index (χ1n) is 5.81. The highest BCUT2D eigenvalue weighted by Gasteiger charge is 2.10. The molecule has 0 bridgehead atoms. The number of aliphatic hydroxyl groups is 1. The van der Waals surface area contributed by atoms with Gasteiger partial charge < -0.3 is 20.5 Å². The predicted octanol–water partition coefficient (Wildman–Crippen LogP) is -0.820. The van der Waals surface area contributed by atoms with Crippen LogP contribution >= 0.6 is 0 Å². The van der Waals surface area contributed by atoms with Crippen molar-refractivity contribution in [3.05, 3.63) is 29.6 Å². The van der Waals surface area contributed by atoms with E-state index in [1.165, 1.54) is 25.4 Å². The van der Waals surface area contributed by atoms with Crippen molar-refractivity contribution in [1.82, 2.24) is 15.6 Å². The van der Waals surface area contributed by atoms with Crippen molar-refractivity contribution in [2.45, 2.75) is 0 Å². The molecule has 0 aliphatic carbocycles. The molecule has 0 fully saturated rings. The maximum absolute atomic E-state index is 11.7. The zero-order chi connectivity index (χ0) is 14.1. The number of carbonyl (C=O) groups excluding carboxylic acids is 2. The number of carbonyl (C=O) groups is 2. The highest BCUT2D eigenvalue weighted by Crippen LogP contribution is 2.02. The van der Waals surface area contributed by atoms with Gasteiger partial charge in [0.05, 0.1) is 13.2 Å². The van der Waals surface area contributed by atoms with Crippen molar-refractivity contribution in [3.8, 4) is 0 Å². The molecule has 0 unspecified atom stereocenters. The molecule has 0 atom stereocenters. The summed E-state index contributed by atoms with van der Waals surface area (Å²) in [6, 6.07) is 2.90. The Labute approximate surface area is 111 Å². The Bertz CT molecular complexity index is 437. The van der Waals surface area contributed by atoms with Crippen LogP contribution in [-0.2, 0) is 4.74 Å². The highest BCUT2D eigenvalue weighted by atomic mass is 16.5. The molecule has 7 nitrogen and oxygen atoms in total. The third-order valence-corrected chi connectivity index (χ3v) is 2.24. The molecular formula is C12H17N3O4.